The Morgan fingerprint density at radius 1 is 1.26 bits per heavy atom. The molecule has 5 nitrogen and oxygen atoms in total. The fraction of sp³-hybridized carbons (Fsp3) is 0.381. The van der Waals surface area contributed by atoms with Crippen LogP contribution in [0.15, 0.2) is 47.1 Å². The number of benzene rings is 1. The SMILES string of the molecule is C=C(C)[C@H]1CC=C(C)/C(=N\NC(=O)CCC(=O)Nc2cccc(Cl)c2C)C1. The Morgan fingerprint density at radius 2 is 1.96 bits per heavy atom. The van der Waals surface area contributed by atoms with Crippen LogP contribution in [0.3, 0.4) is 0 Å². The molecule has 1 aromatic carbocycles. The molecule has 0 unspecified atom stereocenters. The lowest BCUT2D eigenvalue weighted by Crippen LogP contribution is -2.24. The predicted molar refractivity (Wildman–Crippen MR) is 111 cm³/mol. The second-order valence-electron chi connectivity index (χ2n) is 6.92. The molecule has 0 aliphatic heterocycles. The van der Waals surface area contributed by atoms with E-state index in [1.165, 1.54) is 0 Å². The molecule has 1 atom stereocenters. The Bertz CT molecular complexity index is 812. The van der Waals surface area contributed by atoms with Crippen LogP contribution in [0.2, 0.25) is 5.02 Å². The molecule has 0 saturated carbocycles. The molecule has 1 aromatic rings. The fourth-order valence-corrected chi connectivity index (χ4v) is 2.97. The lowest BCUT2D eigenvalue weighted by molar-refractivity contribution is -0.124. The monoisotopic (exact) mass is 387 g/mol. The number of hydrazone groups is 1. The number of carbonyl (C=O) groups excluding carboxylic acids is 2. The van der Waals surface area contributed by atoms with Crippen molar-refractivity contribution < 1.29 is 9.59 Å². The molecule has 0 radical (unpaired) electrons. The molecule has 1 aliphatic carbocycles. The first-order valence-corrected chi connectivity index (χ1v) is 9.38. The Hall–Kier alpha value is -2.40. The molecule has 0 bridgehead atoms. The number of anilines is 1. The fourth-order valence-electron chi connectivity index (χ4n) is 2.79. The third kappa shape index (κ3) is 6.07. The number of halogens is 1. The highest BCUT2D eigenvalue weighted by Crippen LogP contribution is 2.26. The van der Waals surface area contributed by atoms with Crippen molar-refractivity contribution in [2.45, 2.75) is 46.5 Å². The summed E-state index contributed by atoms with van der Waals surface area (Å²) in [4.78, 5) is 24.1. The Kier molecular flexibility index (Phi) is 7.36. The van der Waals surface area contributed by atoms with Gasteiger partial charge in [-0.15, -0.1) is 0 Å². The Labute approximate surface area is 165 Å². The lowest BCUT2D eigenvalue weighted by Gasteiger charge is -2.22. The minimum atomic E-state index is -0.286. The zero-order chi connectivity index (χ0) is 20.0. The second kappa shape index (κ2) is 9.51. The number of hydrogen-bond donors (Lipinski definition) is 2. The van der Waals surface area contributed by atoms with E-state index in [9.17, 15) is 9.59 Å². The van der Waals surface area contributed by atoms with Crippen LogP contribution in [-0.2, 0) is 9.59 Å². The van der Waals surface area contributed by atoms with Crippen LogP contribution < -0.4 is 10.7 Å². The summed E-state index contributed by atoms with van der Waals surface area (Å²) >= 11 is 6.04. The molecule has 0 fully saturated rings. The van der Waals surface area contributed by atoms with Crippen LogP contribution in [0.5, 0.6) is 0 Å². The molecule has 2 amide bonds. The average molecular weight is 388 g/mol. The van der Waals surface area contributed by atoms with Gasteiger partial charge >= 0.3 is 0 Å². The molecule has 0 aromatic heterocycles. The number of hydrogen-bond acceptors (Lipinski definition) is 3. The smallest absolute Gasteiger partial charge is 0.240 e. The van der Waals surface area contributed by atoms with E-state index in [1.807, 2.05) is 20.8 Å². The summed E-state index contributed by atoms with van der Waals surface area (Å²) in [6.07, 6.45) is 3.99. The van der Waals surface area contributed by atoms with Gasteiger partial charge in [0.15, 0.2) is 0 Å². The summed E-state index contributed by atoms with van der Waals surface area (Å²) in [5.74, 6) is -0.166. The third-order valence-corrected chi connectivity index (χ3v) is 5.15. The van der Waals surface area contributed by atoms with E-state index in [1.54, 1.807) is 18.2 Å². The van der Waals surface area contributed by atoms with Gasteiger partial charge in [-0.3, -0.25) is 9.59 Å². The number of amides is 2. The van der Waals surface area contributed by atoms with Crippen molar-refractivity contribution in [2.75, 3.05) is 5.32 Å². The molecular formula is C21H26ClN3O2. The van der Waals surface area contributed by atoms with E-state index in [-0.39, 0.29) is 24.7 Å². The van der Waals surface area contributed by atoms with Gasteiger partial charge in [-0.05, 0) is 62.8 Å². The summed E-state index contributed by atoms with van der Waals surface area (Å²) < 4.78 is 0. The molecule has 144 valence electrons. The molecule has 0 spiro atoms. The van der Waals surface area contributed by atoms with Crippen LogP contribution in [0, 0.1) is 12.8 Å². The van der Waals surface area contributed by atoms with Gasteiger partial charge in [-0.25, -0.2) is 5.43 Å². The largest absolute Gasteiger partial charge is 0.326 e. The molecule has 27 heavy (non-hydrogen) atoms. The van der Waals surface area contributed by atoms with Crippen LogP contribution in [0.25, 0.3) is 0 Å². The normalized spacial score (nSPS) is 18.0. The first-order chi connectivity index (χ1) is 12.8. The summed E-state index contributed by atoms with van der Waals surface area (Å²) in [5.41, 5.74) is 7.07. The molecule has 2 rings (SSSR count). The van der Waals surface area contributed by atoms with E-state index in [0.717, 1.165) is 35.3 Å². The van der Waals surface area contributed by atoms with Crippen molar-refractivity contribution in [1.82, 2.24) is 5.43 Å². The van der Waals surface area contributed by atoms with E-state index in [0.29, 0.717) is 16.6 Å². The van der Waals surface area contributed by atoms with Gasteiger partial charge in [0.2, 0.25) is 11.8 Å². The maximum Gasteiger partial charge on any atom is 0.240 e. The molecule has 6 heteroatoms. The van der Waals surface area contributed by atoms with Crippen molar-refractivity contribution in [2.24, 2.45) is 11.0 Å². The standard InChI is InChI=1S/C21H26ClN3O2/c1-13(2)16-9-8-14(3)19(12-16)24-25-21(27)11-10-20(26)23-18-7-5-6-17(22)15(18)4/h5-8,16H,1,9-12H2,2-4H3,(H,23,26)(H,25,27)/b24-19-/t16-/m0/s1. The van der Waals surface area contributed by atoms with Crippen LogP contribution in [0.4, 0.5) is 5.69 Å². The first-order valence-electron chi connectivity index (χ1n) is 9.00. The van der Waals surface area contributed by atoms with E-state index >= 15 is 0 Å². The predicted octanol–water partition coefficient (Wildman–Crippen LogP) is 4.77. The quantitative estimate of drug-likeness (QED) is 0.545. The van der Waals surface area contributed by atoms with E-state index in [4.69, 9.17) is 11.6 Å². The second-order valence-corrected chi connectivity index (χ2v) is 7.33. The maximum absolute atomic E-state index is 12.1. The lowest BCUT2D eigenvalue weighted by atomic mass is 9.85. The zero-order valence-electron chi connectivity index (χ0n) is 16.1. The number of nitrogens with one attached hydrogen (secondary N) is 2. The first kappa shape index (κ1) is 20.9. The number of allylic oxidation sites excluding steroid dienone is 3. The highest BCUT2D eigenvalue weighted by atomic mass is 35.5. The summed E-state index contributed by atoms with van der Waals surface area (Å²) in [6.45, 7) is 9.83. The van der Waals surface area contributed by atoms with Gasteiger partial charge < -0.3 is 5.32 Å². The molecule has 0 saturated heterocycles. The molecule has 2 N–H and O–H groups in total. The average Bonchev–Trinajstić information content (AvgIpc) is 2.63. The molecule has 1 aliphatic rings. The summed E-state index contributed by atoms with van der Waals surface area (Å²) in [5, 5.41) is 7.61. The van der Waals surface area contributed by atoms with Gasteiger partial charge in [0.25, 0.3) is 0 Å². The van der Waals surface area contributed by atoms with Crippen molar-refractivity contribution >= 4 is 34.8 Å². The van der Waals surface area contributed by atoms with Crippen molar-refractivity contribution in [1.29, 1.82) is 0 Å². The zero-order valence-corrected chi connectivity index (χ0v) is 16.8. The number of nitrogens with zero attached hydrogens (tertiary/aromatic N) is 1. The van der Waals surface area contributed by atoms with Gasteiger partial charge in [-0.1, -0.05) is 35.9 Å². The van der Waals surface area contributed by atoms with Gasteiger partial charge in [0.05, 0.1) is 5.71 Å². The minimum absolute atomic E-state index is 0.0644. The number of carbonyl (C=O) groups is 2. The topological polar surface area (TPSA) is 70.6 Å². The third-order valence-electron chi connectivity index (χ3n) is 4.74. The highest BCUT2D eigenvalue weighted by molar-refractivity contribution is 6.31. The van der Waals surface area contributed by atoms with Gasteiger partial charge in [0.1, 0.15) is 0 Å². The van der Waals surface area contributed by atoms with Crippen LogP contribution in [-0.4, -0.2) is 17.5 Å². The van der Waals surface area contributed by atoms with Gasteiger partial charge in [-0.2, -0.15) is 5.10 Å². The maximum atomic E-state index is 12.1. The van der Waals surface area contributed by atoms with Crippen molar-refractivity contribution in [3.05, 3.63) is 52.6 Å². The van der Waals surface area contributed by atoms with Gasteiger partial charge in [0, 0.05) is 23.6 Å². The Morgan fingerprint density at radius 3 is 2.67 bits per heavy atom. The van der Waals surface area contributed by atoms with Crippen molar-refractivity contribution in [3.8, 4) is 0 Å². The van der Waals surface area contributed by atoms with E-state index in [2.05, 4.69) is 28.5 Å². The van der Waals surface area contributed by atoms with Crippen molar-refractivity contribution in [3.63, 3.8) is 0 Å². The highest BCUT2D eigenvalue weighted by Gasteiger charge is 2.19. The molecule has 0 heterocycles. The van der Waals surface area contributed by atoms with E-state index < -0.39 is 0 Å². The van der Waals surface area contributed by atoms with Crippen LogP contribution >= 0.6 is 11.6 Å². The van der Waals surface area contributed by atoms with Crippen LogP contribution in [0.1, 0.15) is 45.1 Å². The number of rotatable bonds is 6. The summed E-state index contributed by atoms with van der Waals surface area (Å²) in [7, 11) is 0. The molecular weight excluding hydrogens is 362 g/mol. The Balaban J connectivity index is 1.84. The minimum Gasteiger partial charge on any atom is -0.326 e. The summed E-state index contributed by atoms with van der Waals surface area (Å²) in [6, 6.07) is 5.31.